The smallest absolute Gasteiger partial charge is 0.128 e. The summed E-state index contributed by atoms with van der Waals surface area (Å²) in [5.41, 5.74) is 1.12. The van der Waals surface area contributed by atoms with Gasteiger partial charge in [0.05, 0.1) is 5.60 Å². The highest BCUT2D eigenvalue weighted by Crippen LogP contribution is 2.48. The van der Waals surface area contributed by atoms with E-state index in [0.29, 0.717) is 5.92 Å². The number of nitrogens with zero attached hydrogens (tertiary/aromatic N) is 3. The fraction of sp³-hybridized carbons (Fsp3) is 0.545. The number of aromatic nitrogens is 2. The van der Waals surface area contributed by atoms with E-state index in [1.54, 1.807) is 12.1 Å². The van der Waals surface area contributed by atoms with Crippen LogP contribution in [0.4, 0.5) is 4.39 Å². The predicted octanol–water partition coefficient (Wildman–Crippen LogP) is 3.69. The van der Waals surface area contributed by atoms with Crippen LogP contribution in [0.3, 0.4) is 0 Å². The van der Waals surface area contributed by atoms with Gasteiger partial charge >= 0.3 is 0 Å². The van der Waals surface area contributed by atoms with E-state index in [1.165, 1.54) is 12.1 Å². The fourth-order valence-corrected chi connectivity index (χ4v) is 4.91. The lowest BCUT2D eigenvalue weighted by atomic mass is 9.67. The Morgan fingerprint density at radius 1 is 1.19 bits per heavy atom. The summed E-state index contributed by atoms with van der Waals surface area (Å²) >= 11 is 0. The standard InChI is InChI=1S/C22H28FN3O/c1-2-4-21-24-11-16(12-25-21)13-26-14-17-5-3-10-22(27,20(17)15-26)18-6-8-19(23)9-7-18/h6-9,11-12,17,20,27H,2-5,10,13-15H2,1H3/t17-,20-,22+/m1/s1. The molecule has 1 aliphatic carbocycles. The van der Waals surface area contributed by atoms with Gasteiger partial charge in [-0.3, -0.25) is 4.90 Å². The highest BCUT2D eigenvalue weighted by Gasteiger charge is 2.49. The van der Waals surface area contributed by atoms with E-state index in [4.69, 9.17) is 0 Å². The van der Waals surface area contributed by atoms with Crippen molar-refractivity contribution >= 4 is 0 Å². The van der Waals surface area contributed by atoms with E-state index in [9.17, 15) is 9.50 Å². The van der Waals surface area contributed by atoms with Gasteiger partial charge in [-0.25, -0.2) is 14.4 Å². The summed E-state index contributed by atoms with van der Waals surface area (Å²) in [7, 11) is 0. The van der Waals surface area contributed by atoms with Crippen molar-refractivity contribution in [3.63, 3.8) is 0 Å². The minimum Gasteiger partial charge on any atom is -0.385 e. The highest BCUT2D eigenvalue weighted by molar-refractivity contribution is 5.26. The van der Waals surface area contributed by atoms with Gasteiger partial charge in [0.25, 0.3) is 0 Å². The van der Waals surface area contributed by atoms with E-state index in [2.05, 4.69) is 21.8 Å². The molecule has 2 heterocycles. The van der Waals surface area contributed by atoms with Gasteiger partial charge in [0, 0.05) is 49.9 Å². The lowest BCUT2D eigenvalue weighted by Gasteiger charge is -2.41. The Bertz CT molecular complexity index is 764. The normalized spacial score (nSPS) is 28.3. The molecule has 1 aromatic carbocycles. The van der Waals surface area contributed by atoms with Crippen LogP contribution in [0.5, 0.6) is 0 Å². The number of hydrogen-bond donors (Lipinski definition) is 1. The molecule has 3 atom stereocenters. The van der Waals surface area contributed by atoms with Crippen LogP contribution in [0.25, 0.3) is 0 Å². The molecule has 0 spiro atoms. The Kier molecular flexibility index (Phi) is 5.24. The van der Waals surface area contributed by atoms with E-state index in [0.717, 1.165) is 68.7 Å². The molecule has 2 fully saturated rings. The molecule has 4 nitrogen and oxygen atoms in total. The highest BCUT2D eigenvalue weighted by atomic mass is 19.1. The van der Waals surface area contributed by atoms with Crippen molar-refractivity contribution in [1.29, 1.82) is 0 Å². The summed E-state index contributed by atoms with van der Waals surface area (Å²) < 4.78 is 13.3. The first kappa shape index (κ1) is 18.5. The SMILES string of the molecule is CCCc1ncc(CN2C[C@H]3CCC[C@](O)(c4ccc(F)cc4)[C@@H]3C2)cn1. The quantitative estimate of drug-likeness (QED) is 0.873. The van der Waals surface area contributed by atoms with Crippen molar-refractivity contribution in [2.45, 2.75) is 51.2 Å². The summed E-state index contributed by atoms with van der Waals surface area (Å²) in [5.74, 6) is 1.32. The zero-order valence-corrected chi connectivity index (χ0v) is 15.9. The molecule has 1 aliphatic heterocycles. The Hall–Kier alpha value is -1.85. The van der Waals surface area contributed by atoms with Crippen molar-refractivity contribution in [3.8, 4) is 0 Å². The zero-order chi connectivity index (χ0) is 18.9. The van der Waals surface area contributed by atoms with Crippen LogP contribution in [-0.4, -0.2) is 33.1 Å². The summed E-state index contributed by atoms with van der Waals surface area (Å²) in [5, 5.41) is 11.5. The van der Waals surface area contributed by atoms with Gasteiger partial charge < -0.3 is 5.11 Å². The zero-order valence-electron chi connectivity index (χ0n) is 15.9. The first-order valence-electron chi connectivity index (χ1n) is 10.1. The number of benzene rings is 1. The molecule has 27 heavy (non-hydrogen) atoms. The van der Waals surface area contributed by atoms with Crippen LogP contribution in [0.2, 0.25) is 0 Å². The molecule has 5 heteroatoms. The molecule has 2 aromatic rings. The van der Waals surface area contributed by atoms with Crippen LogP contribution in [0, 0.1) is 17.7 Å². The lowest BCUT2D eigenvalue weighted by molar-refractivity contribution is -0.0648. The molecule has 0 radical (unpaired) electrons. The molecular weight excluding hydrogens is 341 g/mol. The topological polar surface area (TPSA) is 49.2 Å². The van der Waals surface area contributed by atoms with Crippen molar-refractivity contribution in [1.82, 2.24) is 14.9 Å². The van der Waals surface area contributed by atoms with Crippen molar-refractivity contribution in [2.75, 3.05) is 13.1 Å². The maximum atomic E-state index is 13.3. The summed E-state index contributed by atoms with van der Waals surface area (Å²) in [6, 6.07) is 6.42. The third kappa shape index (κ3) is 3.76. The molecule has 2 aliphatic rings. The molecule has 1 N–H and O–H groups in total. The Labute approximate surface area is 160 Å². The van der Waals surface area contributed by atoms with Gasteiger partial charge in [0.15, 0.2) is 0 Å². The third-order valence-corrected chi connectivity index (χ3v) is 6.25. The van der Waals surface area contributed by atoms with Crippen LogP contribution in [0.1, 0.15) is 49.6 Å². The van der Waals surface area contributed by atoms with Gasteiger partial charge in [-0.2, -0.15) is 0 Å². The number of aryl methyl sites for hydroxylation is 1. The second kappa shape index (κ2) is 7.64. The largest absolute Gasteiger partial charge is 0.385 e. The third-order valence-electron chi connectivity index (χ3n) is 6.25. The van der Waals surface area contributed by atoms with Crippen LogP contribution in [-0.2, 0) is 18.6 Å². The van der Waals surface area contributed by atoms with Crippen LogP contribution < -0.4 is 0 Å². The number of aliphatic hydroxyl groups is 1. The minimum atomic E-state index is -0.854. The van der Waals surface area contributed by atoms with E-state index in [1.807, 2.05) is 12.4 Å². The minimum absolute atomic E-state index is 0.192. The molecule has 0 unspecified atom stereocenters. The maximum Gasteiger partial charge on any atom is 0.128 e. The average Bonchev–Trinajstić information content (AvgIpc) is 3.08. The molecule has 4 rings (SSSR count). The van der Waals surface area contributed by atoms with Gasteiger partial charge in [-0.1, -0.05) is 19.1 Å². The van der Waals surface area contributed by atoms with Crippen molar-refractivity contribution in [3.05, 3.63) is 59.4 Å². The molecular formula is C22H28FN3O. The average molecular weight is 369 g/mol. The number of likely N-dealkylation sites (tertiary alicyclic amines) is 1. The Morgan fingerprint density at radius 2 is 1.93 bits per heavy atom. The predicted molar refractivity (Wildman–Crippen MR) is 102 cm³/mol. The number of fused-ring (bicyclic) bond motifs is 1. The first-order valence-corrected chi connectivity index (χ1v) is 10.1. The van der Waals surface area contributed by atoms with E-state index >= 15 is 0 Å². The van der Waals surface area contributed by atoms with Crippen molar-refractivity contribution in [2.24, 2.45) is 11.8 Å². The molecule has 0 bridgehead atoms. The first-order chi connectivity index (χ1) is 13.1. The van der Waals surface area contributed by atoms with Gasteiger partial charge in [-0.15, -0.1) is 0 Å². The molecule has 1 aromatic heterocycles. The summed E-state index contributed by atoms with van der Waals surface area (Å²) in [6.45, 7) is 4.80. The van der Waals surface area contributed by atoms with Crippen LogP contribution >= 0.6 is 0 Å². The van der Waals surface area contributed by atoms with E-state index in [-0.39, 0.29) is 11.7 Å². The van der Waals surface area contributed by atoms with E-state index < -0.39 is 5.60 Å². The van der Waals surface area contributed by atoms with Crippen LogP contribution in [0.15, 0.2) is 36.7 Å². The molecule has 1 saturated carbocycles. The maximum absolute atomic E-state index is 13.3. The number of hydrogen-bond acceptors (Lipinski definition) is 4. The Balaban J connectivity index is 1.48. The number of halogens is 1. The second-order valence-corrected chi connectivity index (χ2v) is 8.14. The summed E-state index contributed by atoms with van der Waals surface area (Å²) in [4.78, 5) is 11.3. The fourth-order valence-electron chi connectivity index (χ4n) is 4.91. The molecule has 0 amide bonds. The molecule has 1 saturated heterocycles. The van der Waals surface area contributed by atoms with Gasteiger partial charge in [0.1, 0.15) is 11.6 Å². The van der Waals surface area contributed by atoms with Crippen molar-refractivity contribution < 1.29 is 9.50 Å². The monoisotopic (exact) mass is 369 g/mol. The lowest BCUT2D eigenvalue weighted by Crippen LogP contribution is -2.42. The summed E-state index contributed by atoms with van der Waals surface area (Å²) in [6.07, 6.45) is 8.75. The Morgan fingerprint density at radius 3 is 2.63 bits per heavy atom. The second-order valence-electron chi connectivity index (χ2n) is 8.14. The van der Waals surface area contributed by atoms with Gasteiger partial charge in [-0.05, 0) is 49.3 Å². The molecule has 144 valence electrons. The van der Waals surface area contributed by atoms with Gasteiger partial charge in [0.2, 0.25) is 0 Å². The number of rotatable bonds is 5.